The highest BCUT2D eigenvalue weighted by atomic mass is 32.1. The van der Waals surface area contributed by atoms with Crippen molar-refractivity contribution in [3.8, 4) is 10.4 Å². The molecule has 0 aliphatic heterocycles. The Kier molecular flexibility index (Phi) is 5.22. The molecule has 1 aromatic heterocycles. The van der Waals surface area contributed by atoms with Gasteiger partial charge >= 0.3 is 5.97 Å². The largest absolute Gasteiger partial charge is 0.478 e. The lowest BCUT2D eigenvalue weighted by Crippen LogP contribution is -2.22. The number of carbonyl (C=O) groups is 1. The molecule has 0 radical (unpaired) electrons. The quantitative estimate of drug-likeness (QED) is 0.506. The van der Waals surface area contributed by atoms with Gasteiger partial charge in [0.15, 0.2) is 0 Å². The van der Waals surface area contributed by atoms with Crippen LogP contribution in [-0.4, -0.2) is 11.1 Å². The van der Waals surface area contributed by atoms with E-state index < -0.39 is 5.97 Å². The van der Waals surface area contributed by atoms with Crippen LogP contribution in [0.1, 0.15) is 52.2 Å². The van der Waals surface area contributed by atoms with Crippen molar-refractivity contribution in [2.45, 2.75) is 46.6 Å². The van der Waals surface area contributed by atoms with Crippen LogP contribution in [0.2, 0.25) is 0 Å². The Bertz CT molecular complexity index is 1050. The van der Waals surface area contributed by atoms with Gasteiger partial charge in [0.25, 0.3) is 0 Å². The minimum absolute atomic E-state index is 0.155. The van der Waals surface area contributed by atoms with Crippen LogP contribution >= 0.6 is 11.3 Å². The molecule has 150 valence electrons. The lowest BCUT2D eigenvalue weighted by molar-refractivity contribution is 0.0696. The van der Waals surface area contributed by atoms with Crippen LogP contribution in [0.25, 0.3) is 10.4 Å². The highest BCUT2D eigenvalue weighted by molar-refractivity contribution is 7.16. The number of anilines is 1. The molecule has 1 heterocycles. The third-order valence-electron chi connectivity index (χ3n) is 5.79. The average molecular weight is 406 g/mol. The van der Waals surface area contributed by atoms with Crippen molar-refractivity contribution in [1.29, 1.82) is 0 Å². The zero-order chi connectivity index (χ0) is 20.6. The summed E-state index contributed by atoms with van der Waals surface area (Å²) in [5, 5.41) is 13.5. The number of thiophene rings is 1. The normalized spacial score (nSPS) is 15.0. The minimum Gasteiger partial charge on any atom is -0.478 e. The summed E-state index contributed by atoms with van der Waals surface area (Å²) in [7, 11) is 0. The molecule has 29 heavy (non-hydrogen) atoms. The second-order valence-corrected chi connectivity index (χ2v) is 9.84. The summed E-state index contributed by atoms with van der Waals surface area (Å²) in [5.41, 5.74) is 6.16. The van der Waals surface area contributed by atoms with E-state index in [-0.39, 0.29) is 5.41 Å². The van der Waals surface area contributed by atoms with Crippen LogP contribution in [0, 0.1) is 12.3 Å². The molecule has 4 heteroatoms. The molecule has 1 aliphatic rings. The fourth-order valence-electron chi connectivity index (χ4n) is 4.10. The first-order valence-electron chi connectivity index (χ1n) is 10.1. The Labute approximate surface area is 176 Å². The number of benzene rings is 2. The number of nitrogens with one attached hydrogen (secondary N) is 1. The molecular formula is C25H27NO2S. The third kappa shape index (κ3) is 4.08. The van der Waals surface area contributed by atoms with Gasteiger partial charge in [-0.2, -0.15) is 0 Å². The van der Waals surface area contributed by atoms with Gasteiger partial charge in [-0.05, 0) is 60.4 Å². The van der Waals surface area contributed by atoms with E-state index in [1.54, 1.807) is 11.3 Å². The standard InChI is InChI=1S/C25H27NO2S/c1-16-8-10-18(11-9-16)26-15-17-6-4-5-7-19(17)23-22(24(27)28)20-14-25(2,3)13-12-21(20)29-23/h4-11,26H,12-15H2,1-3H3,(H,27,28). The van der Waals surface area contributed by atoms with Crippen molar-refractivity contribution < 1.29 is 9.90 Å². The molecule has 0 spiro atoms. The smallest absolute Gasteiger partial charge is 0.337 e. The van der Waals surface area contributed by atoms with Crippen molar-refractivity contribution in [3.63, 3.8) is 0 Å². The molecule has 2 aromatic carbocycles. The van der Waals surface area contributed by atoms with Gasteiger partial charge in [-0.25, -0.2) is 4.79 Å². The van der Waals surface area contributed by atoms with Crippen molar-refractivity contribution in [2.24, 2.45) is 5.41 Å². The number of aryl methyl sites for hydroxylation is 2. The maximum atomic E-state index is 12.3. The number of aromatic carboxylic acids is 1. The molecule has 0 saturated carbocycles. The maximum Gasteiger partial charge on any atom is 0.337 e. The van der Waals surface area contributed by atoms with Crippen LogP contribution in [0.4, 0.5) is 5.69 Å². The summed E-state index contributed by atoms with van der Waals surface area (Å²) in [6, 6.07) is 16.5. The van der Waals surface area contributed by atoms with Crippen molar-refractivity contribution in [3.05, 3.63) is 75.7 Å². The third-order valence-corrected chi connectivity index (χ3v) is 7.11. The Hall–Kier alpha value is -2.59. The topological polar surface area (TPSA) is 49.3 Å². The van der Waals surface area contributed by atoms with Gasteiger partial charge in [0, 0.05) is 22.0 Å². The summed E-state index contributed by atoms with van der Waals surface area (Å²) in [6.45, 7) is 7.20. The van der Waals surface area contributed by atoms with Gasteiger partial charge in [-0.3, -0.25) is 0 Å². The van der Waals surface area contributed by atoms with Crippen LogP contribution in [0.5, 0.6) is 0 Å². The highest BCUT2D eigenvalue weighted by Gasteiger charge is 2.33. The highest BCUT2D eigenvalue weighted by Crippen LogP contribution is 2.45. The minimum atomic E-state index is -0.809. The van der Waals surface area contributed by atoms with Crippen LogP contribution in [-0.2, 0) is 19.4 Å². The molecule has 0 unspecified atom stereocenters. The maximum absolute atomic E-state index is 12.3. The second-order valence-electron chi connectivity index (χ2n) is 8.73. The molecule has 2 N–H and O–H groups in total. The summed E-state index contributed by atoms with van der Waals surface area (Å²) in [6.07, 6.45) is 2.91. The van der Waals surface area contributed by atoms with Gasteiger partial charge in [0.1, 0.15) is 0 Å². The van der Waals surface area contributed by atoms with E-state index in [0.29, 0.717) is 12.1 Å². The van der Waals surface area contributed by atoms with Crippen molar-refractivity contribution in [2.75, 3.05) is 5.32 Å². The molecule has 0 bridgehead atoms. The Balaban J connectivity index is 1.71. The number of carboxylic acids is 1. The first kappa shape index (κ1) is 19.7. The SMILES string of the molecule is Cc1ccc(NCc2ccccc2-c2sc3c(c2C(=O)O)CC(C)(C)CC3)cc1. The molecule has 0 saturated heterocycles. The number of fused-ring (bicyclic) bond motifs is 1. The summed E-state index contributed by atoms with van der Waals surface area (Å²) >= 11 is 1.67. The van der Waals surface area contributed by atoms with Crippen molar-refractivity contribution in [1.82, 2.24) is 0 Å². The van der Waals surface area contributed by atoms with Gasteiger partial charge in [0.05, 0.1) is 5.56 Å². The van der Waals surface area contributed by atoms with E-state index in [1.165, 1.54) is 10.4 Å². The Morgan fingerprint density at radius 3 is 2.59 bits per heavy atom. The summed E-state index contributed by atoms with van der Waals surface area (Å²) in [4.78, 5) is 14.4. The molecule has 1 aliphatic carbocycles. The van der Waals surface area contributed by atoms with Crippen molar-refractivity contribution >= 4 is 23.0 Å². The van der Waals surface area contributed by atoms with E-state index in [2.05, 4.69) is 62.5 Å². The molecule has 0 amide bonds. The van der Waals surface area contributed by atoms with E-state index in [9.17, 15) is 9.90 Å². The lowest BCUT2D eigenvalue weighted by atomic mass is 9.76. The first-order valence-corrected chi connectivity index (χ1v) is 10.9. The molecule has 3 nitrogen and oxygen atoms in total. The Morgan fingerprint density at radius 2 is 1.86 bits per heavy atom. The predicted octanol–water partition coefficient (Wildman–Crippen LogP) is 6.55. The molecule has 4 rings (SSSR count). The number of hydrogen-bond acceptors (Lipinski definition) is 3. The zero-order valence-electron chi connectivity index (χ0n) is 17.2. The van der Waals surface area contributed by atoms with Gasteiger partial charge in [-0.15, -0.1) is 11.3 Å². The molecule has 0 fully saturated rings. The molecular weight excluding hydrogens is 378 g/mol. The number of rotatable bonds is 5. The molecule has 3 aromatic rings. The van der Waals surface area contributed by atoms with Crippen LogP contribution in [0.3, 0.4) is 0 Å². The van der Waals surface area contributed by atoms with E-state index >= 15 is 0 Å². The fourth-order valence-corrected chi connectivity index (χ4v) is 5.47. The first-order chi connectivity index (χ1) is 13.8. The van der Waals surface area contributed by atoms with E-state index in [4.69, 9.17) is 0 Å². The zero-order valence-corrected chi connectivity index (χ0v) is 18.0. The average Bonchev–Trinajstić information content (AvgIpc) is 3.05. The summed E-state index contributed by atoms with van der Waals surface area (Å²) in [5.74, 6) is -0.809. The van der Waals surface area contributed by atoms with Gasteiger partial charge < -0.3 is 10.4 Å². The van der Waals surface area contributed by atoms with Crippen LogP contribution in [0.15, 0.2) is 48.5 Å². The molecule has 0 atom stereocenters. The fraction of sp³-hybridized carbons (Fsp3) is 0.320. The van der Waals surface area contributed by atoms with E-state index in [1.807, 2.05) is 12.1 Å². The number of carboxylic acid groups (broad SMARTS) is 1. The lowest BCUT2D eigenvalue weighted by Gasteiger charge is -2.29. The van der Waals surface area contributed by atoms with Crippen LogP contribution < -0.4 is 5.32 Å². The van der Waals surface area contributed by atoms with Gasteiger partial charge in [-0.1, -0.05) is 55.8 Å². The number of hydrogen-bond donors (Lipinski definition) is 2. The summed E-state index contributed by atoms with van der Waals surface area (Å²) < 4.78 is 0. The second kappa shape index (κ2) is 7.68. The monoisotopic (exact) mass is 405 g/mol. The Morgan fingerprint density at radius 1 is 1.14 bits per heavy atom. The van der Waals surface area contributed by atoms with Gasteiger partial charge in [0.2, 0.25) is 0 Å². The predicted molar refractivity (Wildman–Crippen MR) is 121 cm³/mol. The van der Waals surface area contributed by atoms with E-state index in [0.717, 1.165) is 46.5 Å².